The SMILES string of the molecule is O=C(N/N=C1\CC2CCC1C2)c1cccc(Cl)c1. The van der Waals surface area contributed by atoms with E-state index in [9.17, 15) is 4.79 Å². The van der Waals surface area contributed by atoms with Gasteiger partial charge in [-0.3, -0.25) is 4.79 Å². The molecule has 94 valence electrons. The highest BCUT2D eigenvalue weighted by Gasteiger charge is 2.36. The molecule has 0 spiro atoms. The standard InChI is InChI=1S/C14H15ClN2O/c15-12-3-1-2-11(8-12)14(18)17-16-13-7-9-4-5-10(13)6-9/h1-3,8-10H,4-7H2,(H,17,18)/b16-13+. The third-order valence-electron chi connectivity index (χ3n) is 3.90. The maximum atomic E-state index is 11.9. The van der Waals surface area contributed by atoms with Crippen LogP contribution in [0.3, 0.4) is 0 Å². The number of benzene rings is 1. The Labute approximate surface area is 111 Å². The summed E-state index contributed by atoms with van der Waals surface area (Å²) in [5, 5.41) is 4.85. The fraction of sp³-hybridized carbons (Fsp3) is 0.429. The predicted octanol–water partition coefficient (Wildman–Crippen LogP) is 3.25. The van der Waals surface area contributed by atoms with E-state index in [1.54, 1.807) is 24.3 Å². The lowest BCUT2D eigenvalue weighted by Crippen LogP contribution is -2.21. The highest BCUT2D eigenvalue weighted by molar-refractivity contribution is 6.30. The zero-order valence-corrected chi connectivity index (χ0v) is 10.8. The molecule has 2 atom stereocenters. The Morgan fingerprint density at radius 3 is 2.94 bits per heavy atom. The van der Waals surface area contributed by atoms with Crippen molar-refractivity contribution >= 4 is 23.2 Å². The van der Waals surface area contributed by atoms with Crippen LogP contribution in [0.1, 0.15) is 36.0 Å². The fourth-order valence-electron chi connectivity index (χ4n) is 2.98. The summed E-state index contributed by atoms with van der Waals surface area (Å²) in [5.41, 5.74) is 4.36. The Balaban J connectivity index is 1.67. The first kappa shape index (κ1) is 11.7. The van der Waals surface area contributed by atoms with Crippen molar-refractivity contribution in [1.82, 2.24) is 5.43 Å². The Bertz CT molecular complexity index is 512. The summed E-state index contributed by atoms with van der Waals surface area (Å²) in [6.45, 7) is 0. The molecule has 2 fully saturated rings. The van der Waals surface area contributed by atoms with Gasteiger partial charge in [0.2, 0.25) is 0 Å². The largest absolute Gasteiger partial charge is 0.271 e. The summed E-state index contributed by atoms with van der Waals surface area (Å²) >= 11 is 5.85. The number of amides is 1. The lowest BCUT2D eigenvalue weighted by atomic mass is 9.99. The van der Waals surface area contributed by atoms with Crippen molar-refractivity contribution in [3.63, 3.8) is 0 Å². The van der Waals surface area contributed by atoms with E-state index in [0.717, 1.165) is 12.3 Å². The van der Waals surface area contributed by atoms with Gasteiger partial charge in [0.1, 0.15) is 0 Å². The number of hydrogen-bond acceptors (Lipinski definition) is 2. The lowest BCUT2D eigenvalue weighted by Gasteiger charge is -2.11. The molecule has 0 heterocycles. The third kappa shape index (κ3) is 2.27. The van der Waals surface area contributed by atoms with Crippen molar-refractivity contribution < 1.29 is 4.79 Å². The summed E-state index contributed by atoms with van der Waals surface area (Å²) in [4.78, 5) is 11.9. The number of nitrogens with zero attached hydrogens (tertiary/aromatic N) is 1. The highest BCUT2D eigenvalue weighted by Crippen LogP contribution is 2.42. The summed E-state index contributed by atoms with van der Waals surface area (Å²) < 4.78 is 0. The maximum absolute atomic E-state index is 11.9. The zero-order chi connectivity index (χ0) is 12.5. The number of hydrazone groups is 1. The summed E-state index contributed by atoms with van der Waals surface area (Å²) in [7, 11) is 0. The van der Waals surface area contributed by atoms with E-state index in [4.69, 9.17) is 11.6 Å². The van der Waals surface area contributed by atoms with Crippen LogP contribution in [0, 0.1) is 11.8 Å². The van der Waals surface area contributed by atoms with Gasteiger partial charge < -0.3 is 0 Å². The van der Waals surface area contributed by atoms with Gasteiger partial charge in [0.05, 0.1) is 0 Å². The Morgan fingerprint density at radius 2 is 2.28 bits per heavy atom. The van der Waals surface area contributed by atoms with Crippen LogP contribution < -0.4 is 5.43 Å². The van der Waals surface area contributed by atoms with Gasteiger partial charge >= 0.3 is 0 Å². The second-order valence-electron chi connectivity index (χ2n) is 5.13. The average Bonchev–Trinajstić information content (AvgIpc) is 2.98. The molecule has 2 saturated carbocycles. The molecule has 4 heteroatoms. The minimum absolute atomic E-state index is 0.187. The summed E-state index contributed by atoms with van der Waals surface area (Å²) in [5.74, 6) is 1.22. The second kappa shape index (κ2) is 4.73. The fourth-order valence-corrected chi connectivity index (χ4v) is 3.17. The van der Waals surface area contributed by atoms with Crippen LogP contribution in [0.5, 0.6) is 0 Å². The van der Waals surface area contributed by atoms with Crippen molar-refractivity contribution in [2.24, 2.45) is 16.9 Å². The van der Waals surface area contributed by atoms with Crippen molar-refractivity contribution in [2.75, 3.05) is 0 Å². The Morgan fingerprint density at radius 1 is 1.39 bits per heavy atom. The second-order valence-corrected chi connectivity index (χ2v) is 5.57. The van der Waals surface area contributed by atoms with Gasteiger partial charge in [-0.2, -0.15) is 5.10 Å². The molecule has 0 radical (unpaired) electrons. The molecule has 1 amide bonds. The van der Waals surface area contributed by atoms with Crippen LogP contribution in [-0.2, 0) is 0 Å². The molecule has 1 aromatic carbocycles. The Kier molecular flexibility index (Phi) is 3.08. The number of carbonyl (C=O) groups excluding carboxylic acids is 1. The summed E-state index contributed by atoms with van der Waals surface area (Å²) in [6.07, 6.45) is 4.87. The molecular formula is C14H15ClN2O. The minimum Gasteiger partial charge on any atom is -0.267 e. The number of hydrogen-bond donors (Lipinski definition) is 1. The third-order valence-corrected chi connectivity index (χ3v) is 4.13. The van der Waals surface area contributed by atoms with E-state index in [-0.39, 0.29) is 5.91 Å². The van der Waals surface area contributed by atoms with Crippen LogP contribution in [0.2, 0.25) is 5.02 Å². The molecule has 1 N–H and O–H groups in total. The quantitative estimate of drug-likeness (QED) is 0.817. The van der Waals surface area contributed by atoms with E-state index in [0.29, 0.717) is 16.5 Å². The zero-order valence-electron chi connectivity index (χ0n) is 10.0. The van der Waals surface area contributed by atoms with Crippen LogP contribution >= 0.6 is 11.6 Å². The monoisotopic (exact) mass is 262 g/mol. The van der Waals surface area contributed by atoms with Crippen LogP contribution in [0.15, 0.2) is 29.4 Å². The number of halogens is 1. The molecule has 2 aliphatic rings. The Hall–Kier alpha value is -1.35. The van der Waals surface area contributed by atoms with Gasteiger partial charge in [0.25, 0.3) is 5.91 Å². The van der Waals surface area contributed by atoms with Gasteiger partial charge in [0.15, 0.2) is 0 Å². The predicted molar refractivity (Wildman–Crippen MR) is 71.8 cm³/mol. The van der Waals surface area contributed by atoms with Gasteiger partial charge in [-0.25, -0.2) is 5.43 Å². The topological polar surface area (TPSA) is 41.5 Å². The molecule has 18 heavy (non-hydrogen) atoms. The molecule has 0 aliphatic heterocycles. The van der Waals surface area contributed by atoms with Gasteiger partial charge in [-0.1, -0.05) is 17.7 Å². The van der Waals surface area contributed by atoms with E-state index in [1.165, 1.54) is 25.0 Å². The van der Waals surface area contributed by atoms with Crippen LogP contribution in [0.25, 0.3) is 0 Å². The molecule has 1 aromatic rings. The average molecular weight is 263 g/mol. The van der Waals surface area contributed by atoms with Crippen molar-refractivity contribution in [1.29, 1.82) is 0 Å². The minimum atomic E-state index is -0.187. The molecule has 3 rings (SSSR count). The lowest BCUT2D eigenvalue weighted by molar-refractivity contribution is 0.0954. The smallest absolute Gasteiger partial charge is 0.267 e. The number of rotatable bonds is 2. The molecule has 2 bridgehead atoms. The van der Waals surface area contributed by atoms with E-state index >= 15 is 0 Å². The number of fused-ring (bicyclic) bond motifs is 2. The molecule has 0 saturated heterocycles. The molecule has 2 unspecified atom stereocenters. The van der Waals surface area contributed by atoms with Crippen LogP contribution in [-0.4, -0.2) is 11.6 Å². The van der Waals surface area contributed by atoms with Crippen LogP contribution in [0.4, 0.5) is 0 Å². The maximum Gasteiger partial charge on any atom is 0.271 e. The van der Waals surface area contributed by atoms with Gasteiger partial charge in [0, 0.05) is 16.3 Å². The summed E-state index contributed by atoms with van der Waals surface area (Å²) in [6, 6.07) is 6.90. The van der Waals surface area contributed by atoms with Gasteiger partial charge in [-0.15, -0.1) is 0 Å². The number of carbonyl (C=O) groups is 1. The van der Waals surface area contributed by atoms with Crippen molar-refractivity contribution in [2.45, 2.75) is 25.7 Å². The molecule has 0 aromatic heterocycles. The first-order valence-corrected chi connectivity index (χ1v) is 6.72. The normalized spacial score (nSPS) is 27.7. The number of nitrogens with one attached hydrogen (secondary N) is 1. The van der Waals surface area contributed by atoms with Gasteiger partial charge in [-0.05, 0) is 55.7 Å². The molecular weight excluding hydrogens is 248 g/mol. The van der Waals surface area contributed by atoms with Crippen molar-refractivity contribution in [3.8, 4) is 0 Å². The molecule has 2 aliphatic carbocycles. The first-order valence-electron chi connectivity index (χ1n) is 6.35. The van der Waals surface area contributed by atoms with Crippen molar-refractivity contribution in [3.05, 3.63) is 34.9 Å². The highest BCUT2D eigenvalue weighted by atomic mass is 35.5. The molecule has 3 nitrogen and oxygen atoms in total. The van der Waals surface area contributed by atoms with E-state index in [1.807, 2.05) is 0 Å². The first-order chi connectivity index (χ1) is 8.72. The van der Waals surface area contributed by atoms with E-state index < -0.39 is 0 Å². The van der Waals surface area contributed by atoms with E-state index in [2.05, 4.69) is 10.5 Å².